The van der Waals surface area contributed by atoms with Gasteiger partial charge in [0, 0.05) is 22.0 Å². The molecule has 0 spiro atoms. The van der Waals surface area contributed by atoms with Gasteiger partial charge < -0.3 is 4.74 Å². The van der Waals surface area contributed by atoms with Crippen molar-refractivity contribution in [3.05, 3.63) is 48.6 Å². The summed E-state index contributed by atoms with van der Waals surface area (Å²) in [7, 11) is 0.352. The molecule has 1 aliphatic heterocycles. The fraction of sp³-hybridized carbons (Fsp3) is 0.444. The summed E-state index contributed by atoms with van der Waals surface area (Å²) in [6.07, 6.45) is 4.91. The second kappa shape index (κ2) is 7.58. The van der Waals surface area contributed by atoms with Crippen molar-refractivity contribution in [1.82, 2.24) is 0 Å². The van der Waals surface area contributed by atoms with Gasteiger partial charge in [-0.15, -0.1) is 0 Å². The summed E-state index contributed by atoms with van der Waals surface area (Å²) in [6, 6.07) is 8.41. The van der Waals surface area contributed by atoms with Gasteiger partial charge in [0.25, 0.3) is 0 Å². The molecule has 0 N–H and O–H groups in total. The zero-order chi connectivity index (χ0) is 14.4. The number of benzene rings is 1. The van der Waals surface area contributed by atoms with Gasteiger partial charge in [0.05, 0.1) is 6.61 Å². The van der Waals surface area contributed by atoms with Gasteiger partial charge in [0.15, 0.2) is 4.91 Å². The van der Waals surface area contributed by atoms with Gasteiger partial charge >= 0.3 is 0 Å². The molecule has 1 aromatic rings. The topological polar surface area (TPSA) is 9.23 Å². The number of ether oxygens (including phenoxy) is 1. The summed E-state index contributed by atoms with van der Waals surface area (Å²) in [5.74, 6) is 3.39. The Morgan fingerprint density at radius 3 is 2.45 bits per heavy atom. The largest absolute Gasteiger partial charge is 0.494 e. The molecule has 1 saturated heterocycles. The minimum Gasteiger partial charge on any atom is -0.494 e. The maximum absolute atomic E-state index is 5.79. The predicted molar refractivity (Wildman–Crippen MR) is 91.7 cm³/mol. The Bertz CT molecular complexity index is 472. The first-order valence-corrected chi connectivity index (χ1v) is 9.08. The number of hydrogen-bond donors (Lipinski definition) is 0. The molecule has 0 aliphatic carbocycles. The third-order valence-electron chi connectivity index (χ3n) is 3.68. The van der Waals surface area contributed by atoms with Crippen LogP contribution in [0.15, 0.2) is 37.4 Å². The normalized spacial score (nSPS) is 15.2. The van der Waals surface area contributed by atoms with E-state index in [2.05, 4.69) is 44.3 Å². The second-order valence-electron chi connectivity index (χ2n) is 5.20. The lowest BCUT2D eigenvalue weighted by Crippen LogP contribution is -2.07. The van der Waals surface area contributed by atoms with Gasteiger partial charge in [0.1, 0.15) is 17.3 Å². The molecular formula is C18H25OS+. The predicted octanol–water partition coefficient (Wildman–Crippen LogP) is 4.86. The summed E-state index contributed by atoms with van der Waals surface area (Å²) in [4.78, 5) is 1.29. The molecule has 108 valence electrons. The maximum atomic E-state index is 5.79. The van der Waals surface area contributed by atoms with Crippen molar-refractivity contribution < 1.29 is 4.74 Å². The fourth-order valence-electron chi connectivity index (χ4n) is 2.44. The fourth-order valence-corrected chi connectivity index (χ4v) is 4.73. The van der Waals surface area contributed by atoms with Gasteiger partial charge in [0.2, 0.25) is 0 Å². The van der Waals surface area contributed by atoms with Crippen LogP contribution in [-0.4, -0.2) is 18.1 Å². The molecule has 1 heterocycles. The quantitative estimate of drug-likeness (QED) is 0.396. The van der Waals surface area contributed by atoms with Crippen LogP contribution in [0.3, 0.4) is 0 Å². The molecular weight excluding hydrogens is 264 g/mol. The molecule has 0 radical (unpaired) electrons. The third kappa shape index (κ3) is 3.69. The average molecular weight is 289 g/mol. The van der Waals surface area contributed by atoms with Crippen LogP contribution < -0.4 is 0 Å². The van der Waals surface area contributed by atoms with E-state index < -0.39 is 0 Å². The van der Waals surface area contributed by atoms with Crippen LogP contribution in [0.4, 0.5) is 0 Å². The van der Waals surface area contributed by atoms with Crippen LogP contribution in [0.1, 0.15) is 43.7 Å². The van der Waals surface area contributed by atoms with Gasteiger partial charge in [-0.05, 0) is 31.9 Å². The van der Waals surface area contributed by atoms with Crippen LogP contribution in [0.5, 0.6) is 0 Å². The Balaban J connectivity index is 2.12. The van der Waals surface area contributed by atoms with E-state index >= 15 is 0 Å². The maximum Gasteiger partial charge on any atom is 0.155 e. The molecule has 0 aromatic heterocycles. The molecule has 0 atom stereocenters. The first-order chi connectivity index (χ1) is 9.74. The van der Waals surface area contributed by atoms with E-state index in [4.69, 9.17) is 4.74 Å². The van der Waals surface area contributed by atoms with Crippen LogP contribution in [0, 0.1) is 0 Å². The highest BCUT2D eigenvalue weighted by molar-refractivity contribution is 8.05. The number of unbranched alkanes of at least 4 members (excludes halogenated alkanes) is 1. The van der Waals surface area contributed by atoms with Crippen molar-refractivity contribution in [3.8, 4) is 0 Å². The first kappa shape index (κ1) is 15.2. The van der Waals surface area contributed by atoms with Crippen LogP contribution in [-0.2, 0) is 15.6 Å². The Labute approximate surface area is 126 Å². The Morgan fingerprint density at radius 2 is 1.80 bits per heavy atom. The van der Waals surface area contributed by atoms with E-state index in [-0.39, 0.29) is 0 Å². The molecule has 20 heavy (non-hydrogen) atoms. The number of hydrogen-bond acceptors (Lipinski definition) is 1. The second-order valence-corrected chi connectivity index (χ2v) is 7.50. The first-order valence-electron chi connectivity index (χ1n) is 7.52. The standard InChI is InChI=1S/C18H25OS/c1-4-5-12-19-15(2)17-10-6-7-11-18(17)16(3)20-13-8-9-14-20/h6-7,10-11H,2-5,8-9,12-14H2,1H3/q+1. The van der Waals surface area contributed by atoms with Crippen molar-refractivity contribution >= 4 is 21.6 Å². The van der Waals surface area contributed by atoms with Crippen molar-refractivity contribution in [1.29, 1.82) is 0 Å². The molecule has 2 rings (SSSR count). The van der Waals surface area contributed by atoms with Crippen LogP contribution in [0.25, 0.3) is 10.7 Å². The molecule has 0 amide bonds. The number of rotatable bonds is 7. The molecule has 1 fully saturated rings. The highest BCUT2D eigenvalue weighted by Gasteiger charge is 2.30. The SMILES string of the molecule is C=C(OCCCC)c1ccccc1C(=C)[S+]1CCCC1. The summed E-state index contributed by atoms with van der Waals surface area (Å²) >= 11 is 0. The van der Waals surface area contributed by atoms with Crippen molar-refractivity contribution in [3.63, 3.8) is 0 Å². The lowest BCUT2D eigenvalue weighted by molar-refractivity contribution is 0.271. The van der Waals surface area contributed by atoms with E-state index in [1.165, 1.54) is 34.8 Å². The Kier molecular flexibility index (Phi) is 5.78. The molecule has 1 nitrogen and oxygen atoms in total. The van der Waals surface area contributed by atoms with Crippen LogP contribution in [0.2, 0.25) is 0 Å². The lowest BCUT2D eigenvalue weighted by Gasteiger charge is -2.13. The minimum absolute atomic E-state index is 0.352. The Morgan fingerprint density at radius 1 is 1.15 bits per heavy atom. The van der Waals surface area contributed by atoms with E-state index in [0.29, 0.717) is 10.9 Å². The molecule has 2 heteroatoms. The highest BCUT2D eigenvalue weighted by Crippen LogP contribution is 2.32. The molecule has 0 saturated carbocycles. The zero-order valence-corrected chi connectivity index (χ0v) is 13.3. The summed E-state index contributed by atoms with van der Waals surface area (Å²) in [5.41, 5.74) is 2.35. The smallest absolute Gasteiger partial charge is 0.155 e. The van der Waals surface area contributed by atoms with Crippen molar-refractivity contribution in [2.45, 2.75) is 32.6 Å². The zero-order valence-electron chi connectivity index (χ0n) is 12.5. The van der Waals surface area contributed by atoms with E-state index in [1.54, 1.807) is 0 Å². The summed E-state index contributed by atoms with van der Waals surface area (Å²) in [6.45, 7) is 11.4. The summed E-state index contributed by atoms with van der Waals surface area (Å²) < 4.78 is 5.79. The molecule has 1 aromatic carbocycles. The van der Waals surface area contributed by atoms with E-state index in [9.17, 15) is 0 Å². The van der Waals surface area contributed by atoms with Gasteiger partial charge in [-0.3, -0.25) is 0 Å². The van der Waals surface area contributed by atoms with Crippen molar-refractivity contribution in [2.75, 3.05) is 18.1 Å². The van der Waals surface area contributed by atoms with Gasteiger partial charge in [-0.25, -0.2) is 0 Å². The summed E-state index contributed by atoms with van der Waals surface area (Å²) in [5, 5.41) is 0. The van der Waals surface area contributed by atoms with Gasteiger partial charge in [-0.1, -0.05) is 38.1 Å². The molecule has 0 unspecified atom stereocenters. The Hall–Kier alpha value is -1.15. The van der Waals surface area contributed by atoms with E-state index in [0.717, 1.165) is 30.8 Å². The monoisotopic (exact) mass is 289 g/mol. The average Bonchev–Trinajstić information content (AvgIpc) is 3.01. The highest BCUT2D eigenvalue weighted by atomic mass is 32.2. The van der Waals surface area contributed by atoms with E-state index in [1.807, 2.05) is 0 Å². The third-order valence-corrected chi connectivity index (χ3v) is 6.16. The van der Waals surface area contributed by atoms with Gasteiger partial charge in [-0.2, -0.15) is 0 Å². The van der Waals surface area contributed by atoms with Crippen molar-refractivity contribution in [2.24, 2.45) is 0 Å². The molecule has 1 aliphatic rings. The lowest BCUT2D eigenvalue weighted by atomic mass is 10.1. The van der Waals surface area contributed by atoms with Crippen LogP contribution >= 0.6 is 0 Å². The minimum atomic E-state index is 0.352. The molecule has 0 bridgehead atoms.